The van der Waals surface area contributed by atoms with Gasteiger partial charge < -0.3 is 13.5 Å². The molecule has 0 aromatic carbocycles. The number of aromatic nitrogens is 5. The van der Waals surface area contributed by atoms with Gasteiger partial charge in [-0.3, -0.25) is 0 Å². The molecule has 0 N–H and O–H groups in total. The molecule has 0 saturated carbocycles. The zero-order valence-electron chi connectivity index (χ0n) is 10.2. The van der Waals surface area contributed by atoms with Gasteiger partial charge in [0.1, 0.15) is 12.1 Å². The van der Waals surface area contributed by atoms with Gasteiger partial charge in [-0.15, -0.1) is 10.2 Å². The molecule has 3 heterocycles. The lowest BCUT2D eigenvalue weighted by molar-refractivity contribution is 0.387. The molecule has 0 bridgehead atoms. The van der Waals surface area contributed by atoms with Crippen LogP contribution < -0.4 is 0 Å². The van der Waals surface area contributed by atoms with E-state index in [0.29, 0.717) is 24.0 Å². The minimum absolute atomic E-state index is 0.567. The van der Waals surface area contributed by atoms with Gasteiger partial charge in [-0.25, -0.2) is 0 Å². The molecule has 3 rings (SSSR count). The first kappa shape index (κ1) is 12.0. The van der Waals surface area contributed by atoms with Crippen molar-refractivity contribution in [3.8, 4) is 0 Å². The summed E-state index contributed by atoms with van der Waals surface area (Å²) >= 11 is 1.49. The van der Waals surface area contributed by atoms with Gasteiger partial charge in [-0.1, -0.05) is 16.9 Å². The molecule has 19 heavy (non-hydrogen) atoms. The monoisotopic (exact) mass is 277 g/mol. The predicted octanol–water partition coefficient (Wildman–Crippen LogP) is 1.90. The minimum Gasteiger partial charge on any atom is -0.467 e. The van der Waals surface area contributed by atoms with E-state index in [1.165, 1.54) is 11.8 Å². The molecule has 3 aromatic heterocycles. The van der Waals surface area contributed by atoms with Crippen molar-refractivity contribution in [2.45, 2.75) is 24.4 Å². The zero-order valence-corrected chi connectivity index (χ0v) is 11.0. The molecule has 0 unspecified atom stereocenters. The first-order chi connectivity index (χ1) is 9.31. The highest BCUT2D eigenvalue weighted by Gasteiger charge is 2.10. The molecule has 8 heteroatoms. The van der Waals surface area contributed by atoms with Gasteiger partial charge in [0, 0.05) is 0 Å². The summed E-state index contributed by atoms with van der Waals surface area (Å²) in [5.41, 5.74) is 0. The van der Waals surface area contributed by atoms with Gasteiger partial charge in [-0.2, -0.15) is 4.98 Å². The Morgan fingerprint density at radius 3 is 3.11 bits per heavy atom. The topological polar surface area (TPSA) is 82.8 Å². The molecule has 0 saturated heterocycles. The van der Waals surface area contributed by atoms with Crippen molar-refractivity contribution in [2.75, 3.05) is 0 Å². The summed E-state index contributed by atoms with van der Waals surface area (Å²) in [6.07, 6.45) is 3.32. The molecule has 7 nitrogen and oxygen atoms in total. The Labute approximate surface area is 113 Å². The van der Waals surface area contributed by atoms with E-state index in [1.807, 2.05) is 16.7 Å². The standard InChI is InChI=1S/C11H11N5O2S/c1-8-13-10(18-15-8)6-19-11-14-12-7-16(11)5-9-3-2-4-17-9/h2-4,7H,5-6H2,1H3. The van der Waals surface area contributed by atoms with Gasteiger partial charge in [0.05, 0.1) is 18.6 Å². The fourth-order valence-electron chi connectivity index (χ4n) is 1.56. The van der Waals surface area contributed by atoms with Crippen molar-refractivity contribution in [3.05, 3.63) is 42.2 Å². The van der Waals surface area contributed by atoms with E-state index in [0.717, 1.165) is 10.9 Å². The van der Waals surface area contributed by atoms with Crippen LogP contribution in [0.1, 0.15) is 17.5 Å². The van der Waals surface area contributed by atoms with Crippen LogP contribution in [-0.2, 0) is 12.3 Å². The Morgan fingerprint density at radius 2 is 2.37 bits per heavy atom. The second kappa shape index (κ2) is 5.27. The number of thioether (sulfide) groups is 1. The van der Waals surface area contributed by atoms with Gasteiger partial charge in [-0.05, 0) is 19.1 Å². The average Bonchev–Trinajstić information content (AvgIpc) is 3.10. The van der Waals surface area contributed by atoms with Crippen LogP contribution in [0.2, 0.25) is 0 Å². The molecule has 0 aliphatic heterocycles. The third kappa shape index (κ3) is 2.84. The molecule has 98 valence electrons. The van der Waals surface area contributed by atoms with E-state index in [4.69, 9.17) is 8.94 Å². The molecule has 0 aliphatic rings. The van der Waals surface area contributed by atoms with E-state index in [1.54, 1.807) is 19.5 Å². The third-order valence-corrected chi connectivity index (χ3v) is 3.35. The highest BCUT2D eigenvalue weighted by atomic mass is 32.2. The second-order valence-corrected chi connectivity index (χ2v) is 4.79. The maximum Gasteiger partial charge on any atom is 0.237 e. The quantitative estimate of drug-likeness (QED) is 0.658. The summed E-state index contributed by atoms with van der Waals surface area (Å²) in [5, 5.41) is 12.5. The van der Waals surface area contributed by atoms with E-state index in [-0.39, 0.29) is 0 Å². The van der Waals surface area contributed by atoms with Crippen molar-refractivity contribution < 1.29 is 8.94 Å². The van der Waals surface area contributed by atoms with Crippen LogP contribution in [0, 0.1) is 6.92 Å². The van der Waals surface area contributed by atoms with Gasteiger partial charge in [0.2, 0.25) is 5.89 Å². The van der Waals surface area contributed by atoms with E-state index in [2.05, 4.69) is 20.3 Å². The molecule has 0 spiro atoms. The molecule has 0 atom stereocenters. The summed E-state index contributed by atoms with van der Waals surface area (Å²) in [6.45, 7) is 2.39. The molecule has 0 fully saturated rings. The average molecular weight is 277 g/mol. The molecule has 3 aromatic rings. The maximum atomic E-state index is 5.30. The Morgan fingerprint density at radius 1 is 1.42 bits per heavy atom. The zero-order chi connectivity index (χ0) is 13.1. The van der Waals surface area contributed by atoms with Crippen LogP contribution in [-0.4, -0.2) is 24.9 Å². The maximum absolute atomic E-state index is 5.30. The Balaban J connectivity index is 1.66. The van der Waals surface area contributed by atoms with E-state index >= 15 is 0 Å². The Bertz CT molecular complexity index is 646. The van der Waals surface area contributed by atoms with E-state index in [9.17, 15) is 0 Å². The summed E-state index contributed by atoms with van der Waals surface area (Å²) in [5.74, 6) is 2.63. The lowest BCUT2D eigenvalue weighted by Crippen LogP contribution is -1.99. The normalized spacial score (nSPS) is 11.0. The first-order valence-corrected chi connectivity index (χ1v) is 6.62. The van der Waals surface area contributed by atoms with Crippen LogP contribution in [0.3, 0.4) is 0 Å². The minimum atomic E-state index is 0.567. The molecular formula is C11H11N5O2S. The van der Waals surface area contributed by atoms with Crippen LogP contribution in [0.5, 0.6) is 0 Å². The Hall–Kier alpha value is -2.09. The van der Waals surface area contributed by atoms with Crippen molar-refractivity contribution in [1.82, 2.24) is 24.9 Å². The van der Waals surface area contributed by atoms with Crippen molar-refractivity contribution >= 4 is 11.8 Å². The molecule has 0 amide bonds. The highest BCUT2D eigenvalue weighted by molar-refractivity contribution is 7.98. The molecular weight excluding hydrogens is 266 g/mol. The van der Waals surface area contributed by atoms with Crippen LogP contribution >= 0.6 is 11.8 Å². The van der Waals surface area contributed by atoms with Gasteiger partial charge in [0.15, 0.2) is 11.0 Å². The number of aryl methyl sites for hydroxylation is 1. The number of rotatable bonds is 5. The SMILES string of the molecule is Cc1noc(CSc2nncn2Cc2ccco2)n1. The van der Waals surface area contributed by atoms with Crippen molar-refractivity contribution in [2.24, 2.45) is 0 Å². The largest absolute Gasteiger partial charge is 0.467 e. The second-order valence-electron chi connectivity index (χ2n) is 3.84. The number of furan rings is 1. The number of hydrogen-bond acceptors (Lipinski definition) is 7. The molecule has 0 radical (unpaired) electrons. The molecule has 0 aliphatic carbocycles. The summed E-state index contributed by atoms with van der Waals surface area (Å²) in [6, 6.07) is 3.77. The number of hydrogen-bond donors (Lipinski definition) is 0. The van der Waals surface area contributed by atoms with Crippen LogP contribution in [0.25, 0.3) is 0 Å². The van der Waals surface area contributed by atoms with Crippen molar-refractivity contribution in [1.29, 1.82) is 0 Å². The lowest BCUT2D eigenvalue weighted by Gasteiger charge is -2.02. The van der Waals surface area contributed by atoms with Gasteiger partial charge in [0.25, 0.3) is 0 Å². The summed E-state index contributed by atoms with van der Waals surface area (Å²) in [4.78, 5) is 4.14. The highest BCUT2D eigenvalue weighted by Crippen LogP contribution is 2.20. The first-order valence-electron chi connectivity index (χ1n) is 5.63. The smallest absolute Gasteiger partial charge is 0.237 e. The van der Waals surface area contributed by atoms with Gasteiger partial charge >= 0.3 is 0 Å². The predicted molar refractivity (Wildman–Crippen MR) is 66.4 cm³/mol. The number of nitrogens with zero attached hydrogens (tertiary/aromatic N) is 5. The van der Waals surface area contributed by atoms with E-state index < -0.39 is 0 Å². The fourth-order valence-corrected chi connectivity index (χ4v) is 2.31. The lowest BCUT2D eigenvalue weighted by atomic mass is 10.4. The summed E-state index contributed by atoms with van der Waals surface area (Å²) < 4.78 is 12.3. The van der Waals surface area contributed by atoms with Crippen LogP contribution in [0.4, 0.5) is 0 Å². The van der Waals surface area contributed by atoms with Crippen LogP contribution in [0.15, 0.2) is 38.8 Å². The van der Waals surface area contributed by atoms with Crippen molar-refractivity contribution in [3.63, 3.8) is 0 Å². The fraction of sp³-hybridized carbons (Fsp3) is 0.273. The Kier molecular flexibility index (Phi) is 3.32. The third-order valence-electron chi connectivity index (χ3n) is 2.38. The summed E-state index contributed by atoms with van der Waals surface area (Å²) in [7, 11) is 0.